The molecule has 0 bridgehead atoms. The Labute approximate surface area is 163 Å². The van der Waals surface area contributed by atoms with Crippen molar-refractivity contribution in [3.63, 3.8) is 0 Å². The van der Waals surface area contributed by atoms with Crippen molar-refractivity contribution < 1.29 is 4.79 Å². The van der Waals surface area contributed by atoms with Crippen LogP contribution in [0.1, 0.15) is 34.1 Å². The van der Waals surface area contributed by atoms with E-state index in [2.05, 4.69) is 56.1 Å². The molecule has 4 rings (SSSR count). The molecule has 0 spiro atoms. The molecule has 28 heavy (non-hydrogen) atoms. The van der Waals surface area contributed by atoms with Gasteiger partial charge in [-0.2, -0.15) is 5.10 Å². The van der Waals surface area contributed by atoms with Crippen LogP contribution in [0.25, 0.3) is 16.7 Å². The van der Waals surface area contributed by atoms with Crippen molar-refractivity contribution in [3.05, 3.63) is 65.4 Å². The number of carbonyl (C=O) groups excluding carboxylic acids is 1. The van der Waals surface area contributed by atoms with E-state index in [0.717, 1.165) is 28.0 Å². The Kier molecular flexibility index (Phi) is 4.43. The van der Waals surface area contributed by atoms with Gasteiger partial charge in [0.1, 0.15) is 12.1 Å². The molecule has 0 atom stereocenters. The zero-order chi connectivity index (χ0) is 19.8. The number of hydrogen-bond acceptors (Lipinski definition) is 4. The largest absolute Gasteiger partial charge is 0.306 e. The zero-order valence-corrected chi connectivity index (χ0v) is 16.4. The lowest BCUT2D eigenvalue weighted by atomic mass is 10.2. The molecular weight excluding hydrogens is 352 g/mol. The zero-order valence-electron chi connectivity index (χ0n) is 16.4. The van der Waals surface area contributed by atoms with Gasteiger partial charge in [-0.3, -0.25) is 14.0 Å². The predicted octanol–water partition coefficient (Wildman–Crippen LogP) is 3.81. The number of anilines is 1. The van der Waals surface area contributed by atoms with Crippen molar-refractivity contribution in [1.82, 2.24) is 24.3 Å². The molecule has 0 saturated heterocycles. The summed E-state index contributed by atoms with van der Waals surface area (Å²) in [6, 6.07) is 8.29. The quantitative estimate of drug-likeness (QED) is 0.589. The van der Waals surface area contributed by atoms with Crippen LogP contribution in [0.2, 0.25) is 0 Å². The van der Waals surface area contributed by atoms with Gasteiger partial charge < -0.3 is 5.32 Å². The minimum absolute atomic E-state index is 0.236. The van der Waals surface area contributed by atoms with Crippen LogP contribution in [0.15, 0.2) is 43.0 Å². The highest BCUT2D eigenvalue weighted by molar-refractivity contribution is 6.08. The summed E-state index contributed by atoms with van der Waals surface area (Å²) in [6.07, 6.45) is 4.77. The summed E-state index contributed by atoms with van der Waals surface area (Å²) >= 11 is 0. The number of amides is 1. The monoisotopic (exact) mass is 374 g/mol. The predicted molar refractivity (Wildman–Crippen MR) is 109 cm³/mol. The molecule has 0 aliphatic heterocycles. The van der Waals surface area contributed by atoms with Gasteiger partial charge in [-0.15, -0.1) is 0 Å². The number of hydrogen-bond donors (Lipinski definition) is 1. The van der Waals surface area contributed by atoms with Gasteiger partial charge in [-0.05, 0) is 45.4 Å². The van der Waals surface area contributed by atoms with Crippen LogP contribution in [-0.2, 0) is 6.54 Å². The summed E-state index contributed by atoms with van der Waals surface area (Å²) in [5, 5.41) is 7.93. The number of benzene rings is 1. The maximum absolute atomic E-state index is 12.7. The smallest absolute Gasteiger partial charge is 0.260 e. The molecule has 0 radical (unpaired) electrons. The Morgan fingerprint density at radius 2 is 1.86 bits per heavy atom. The third-order valence-corrected chi connectivity index (χ3v) is 5.04. The topological polar surface area (TPSA) is 77.6 Å². The van der Waals surface area contributed by atoms with Gasteiger partial charge in [0.25, 0.3) is 5.91 Å². The fraction of sp³-hybridized carbons (Fsp3) is 0.238. The standard InChI is InChI=1S/C21H22N6O/c1-5-26-11-16(10-24-26)21(28)25-19-18-14(3)15(4)27(20(18)23-12-22-19)17-8-6-13(2)7-9-17/h6-12H,5H2,1-4H3,(H,22,23,25,28). The number of rotatable bonds is 4. The fourth-order valence-electron chi connectivity index (χ4n) is 3.34. The number of aromatic nitrogens is 5. The second kappa shape index (κ2) is 6.92. The van der Waals surface area contributed by atoms with E-state index in [4.69, 9.17) is 0 Å². The van der Waals surface area contributed by atoms with Crippen LogP contribution in [-0.4, -0.2) is 30.2 Å². The maximum atomic E-state index is 12.7. The van der Waals surface area contributed by atoms with Gasteiger partial charge in [-0.1, -0.05) is 17.7 Å². The van der Waals surface area contributed by atoms with Gasteiger partial charge in [0.2, 0.25) is 0 Å². The van der Waals surface area contributed by atoms with E-state index in [-0.39, 0.29) is 5.91 Å². The van der Waals surface area contributed by atoms with E-state index in [1.807, 2.05) is 20.8 Å². The van der Waals surface area contributed by atoms with Crippen molar-refractivity contribution in [2.75, 3.05) is 5.32 Å². The first kappa shape index (κ1) is 17.9. The van der Waals surface area contributed by atoms with Crippen LogP contribution in [0.3, 0.4) is 0 Å². The number of aryl methyl sites for hydroxylation is 3. The molecule has 7 nitrogen and oxygen atoms in total. The third-order valence-electron chi connectivity index (χ3n) is 5.04. The lowest BCUT2D eigenvalue weighted by Crippen LogP contribution is -2.13. The first-order chi connectivity index (χ1) is 13.5. The van der Waals surface area contributed by atoms with Crippen molar-refractivity contribution in [2.24, 2.45) is 0 Å². The molecule has 0 aliphatic carbocycles. The van der Waals surface area contributed by atoms with Crippen LogP contribution < -0.4 is 5.32 Å². The first-order valence-electron chi connectivity index (χ1n) is 9.23. The van der Waals surface area contributed by atoms with Crippen LogP contribution >= 0.6 is 0 Å². The first-order valence-corrected chi connectivity index (χ1v) is 9.23. The van der Waals surface area contributed by atoms with Gasteiger partial charge in [0, 0.05) is 24.1 Å². The molecule has 3 heterocycles. The van der Waals surface area contributed by atoms with Gasteiger partial charge in [-0.25, -0.2) is 9.97 Å². The normalized spacial score (nSPS) is 11.1. The van der Waals surface area contributed by atoms with Gasteiger partial charge in [0.15, 0.2) is 5.65 Å². The number of nitrogens with one attached hydrogen (secondary N) is 1. The molecule has 1 amide bonds. The Bertz CT molecular complexity index is 1170. The highest BCUT2D eigenvalue weighted by Gasteiger charge is 2.19. The Hall–Kier alpha value is -3.48. The van der Waals surface area contributed by atoms with E-state index in [0.29, 0.717) is 17.9 Å². The summed E-state index contributed by atoms with van der Waals surface area (Å²) in [7, 11) is 0. The van der Waals surface area contributed by atoms with Crippen molar-refractivity contribution >= 4 is 22.8 Å². The molecule has 1 aromatic carbocycles. The SMILES string of the molecule is CCn1cc(C(=O)Nc2ncnc3c2c(C)c(C)n3-c2ccc(C)cc2)cn1. The van der Waals surface area contributed by atoms with Crippen LogP contribution in [0.4, 0.5) is 5.82 Å². The molecule has 142 valence electrons. The number of nitrogens with zero attached hydrogens (tertiary/aromatic N) is 5. The molecule has 3 aromatic heterocycles. The van der Waals surface area contributed by atoms with Crippen molar-refractivity contribution in [2.45, 2.75) is 34.2 Å². The minimum Gasteiger partial charge on any atom is -0.306 e. The Balaban J connectivity index is 1.79. The summed E-state index contributed by atoms with van der Waals surface area (Å²) < 4.78 is 3.81. The molecule has 7 heteroatoms. The third kappa shape index (κ3) is 2.94. The average Bonchev–Trinajstić information content (AvgIpc) is 3.27. The Morgan fingerprint density at radius 3 is 2.54 bits per heavy atom. The summed E-state index contributed by atoms with van der Waals surface area (Å²) in [5.41, 5.74) is 5.60. The maximum Gasteiger partial charge on any atom is 0.260 e. The molecule has 0 saturated carbocycles. The van der Waals surface area contributed by atoms with E-state index in [9.17, 15) is 4.79 Å². The highest BCUT2D eigenvalue weighted by Crippen LogP contribution is 2.31. The van der Waals surface area contributed by atoms with E-state index >= 15 is 0 Å². The van der Waals surface area contributed by atoms with E-state index in [1.165, 1.54) is 11.9 Å². The van der Waals surface area contributed by atoms with E-state index in [1.54, 1.807) is 17.1 Å². The average molecular weight is 374 g/mol. The van der Waals surface area contributed by atoms with E-state index < -0.39 is 0 Å². The summed E-state index contributed by atoms with van der Waals surface area (Å²) in [6.45, 7) is 8.82. The highest BCUT2D eigenvalue weighted by atomic mass is 16.1. The van der Waals surface area contributed by atoms with Gasteiger partial charge >= 0.3 is 0 Å². The molecule has 0 fully saturated rings. The Morgan fingerprint density at radius 1 is 1.11 bits per heavy atom. The van der Waals surface area contributed by atoms with Gasteiger partial charge in [0.05, 0.1) is 17.1 Å². The molecular formula is C21H22N6O. The second-order valence-corrected chi connectivity index (χ2v) is 6.84. The lowest BCUT2D eigenvalue weighted by molar-refractivity contribution is 0.102. The molecule has 1 N–H and O–H groups in total. The number of fused-ring (bicyclic) bond motifs is 1. The van der Waals surface area contributed by atoms with Crippen LogP contribution in [0, 0.1) is 20.8 Å². The molecule has 0 aliphatic rings. The van der Waals surface area contributed by atoms with Crippen molar-refractivity contribution in [1.29, 1.82) is 0 Å². The summed E-state index contributed by atoms with van der Waals surface area (Å²) in [4.78, 5) is 21.5. The lowest BCUT2D eigenvalue weighted by Gasteiger charge is -2.08. The molecule has 0 unspecified atom stereocenters. The fourth-order valence-corrected chi connectivity index (χ4v) is 3.34. The van der Waals surface area contributed by atoms with Crippen LogP contribution in [0.5, 0.6) is 0 Å². The number of carbonyl (C=O) groups is 1. The molecule has 4 aromatic rings. The summed E-state index contributed by atoms with van der Waals surface area (Å²) in [5.74, 6) is 0.269. The van der Waals surface area contributed by atoms with Crippen molar-refractivity contribution in [3.8, 4) is 5.69 Å². The second-order valence-electron chi connectivity index (χ2n) is 6.84. The minimum atomic E-state index is -0.236.